The van der Waals surface area contributed by atoms with Crippen LogP contribution in [0.3, 0.4) is 0 Å². The number of rotatable bonds is 6. The van der Waals surface area contributed by atoms with Crippen LogP contribution in [0, 0.1) is 0 Å². The zero-order valence-corrected chi connectivity index (χ0v) is 13.9. The van der Waals surface area contributed by atoms with Crippen LogP contribution < -0.4 is 10.1 Å². The van der Waals surface area contributed by atoms with Gasteiger partial charge in [0.25, 0.3) is 5.91 Å². The van der Waals surface area contributed by atoms with Gasteiger partial charge in [-0.05, 0) is 48.9 Å². The largest absolute Gasteiger partial charge is 0.494 e. The average molecular weight is 333 g/mol. The van der Waals surface area contributed by atoms with E-state index < -0.39 is 9.84 Å². The van der Waals surface area contributed by atoms with Gasteiger partial charge in [0, 0.05) is 17.5 Å². The lowest BCUT2D eigenvalue weighted by atomic mass is 10.1. The Morgan fingerprint density at radius 1 is 1.13 bits per heavy atom. The van der Waals surface area contributed by atoms with E-state index in [0.29, 0.717) is 23.4 Å². The second-order valence-corrected chi connectivity index (χ2v) is 7.32. The maximum Gasteiger partial charge on any atom is 0.255 e. The first kappa shape index (κ1) is 17.0. The summed E-state index contributed by atoms with van der Waals surface area (Å²) in [6.07, 6.45) is 1.17. The van der Waals surface area contributed by atoms with Crippen molar-refractivity contribution in [3.63, 3.8) is 0 Å². The van der Waals surface area contributed by atoms with Crippen molar-refractivity contribution in [3.8, 4) is 5.75 Å². The number of sulfone groups is 1. The Morgan fingerprint density at radius 2 is 1.83 bits per heavy atom. The highest BCUT2D eigenvalue weighted by Gasteiger charge is 2.10. The quantitative estimate of drug-likeness (QED) is 0.882. The van der Waals surface area contributed by atoms with Gasteiger partial charge in [-0.15, -0.1) is 0 Å². The van der Waals surface area contributed by atoms with E-state index in [1.807, 2.05) is 6.92 Å². The summed E-state index contributed by atoms with van der Waals surface area (Å²) in [6.45, 7) is 2.48. The van der Waals surface area contributed by atoms with Crippen molar-refractivity contribution in [1.82, 2.24) is 0 Å². The fourth-order valence-electron chi connectivity index (χ4n) is 2.11. The molecule has 0 heterocycles. The van der Waals surface area contributed by atoms with E-state index in [1.165, 1.54) is 6.26 Å². The first-order valence-corrected chi connectivity index (χ1v) is 9.24. The van der Waals surface area contributed by atoms with Gasteiger partial charge in [-0.25, -0.2) is 8.42 Å². The van der Waals surface area contributed by atoms with Crippen molar-refractivity contribution in [2.24, 2.45) is 0 Å². The standard InChI is InChI=1S/C17H19NO4S/c1-3-22-16-9-7-15(8-10-16)18-17(19)14-6-4-5-13(11-14)12-23(2,20)21/h4-11H,3,12H2,1-2H3,(H,18,19). The van der Waals surface area contributed by atoms with Gasteiger partial charge < -0.3 is 10.1 Å². The highest BCUT2D eigenvalue weighted by atomic mass is 32.2. The minimum Gasteiger partial charge on any atom is -0.494 e. The minimum atomic E-state index is -3.13. The van der Waals surface area contributed by atoms with Gasteiger partial charge in [0.2, 0.25) is 0 Å². The number of hydrogen-bond acceptors (Lipinski definition) is 4. The molecule has 0 saturated heterocycles. The Labute approximate surface area is 136 Å². The molecular weight excluding hydrogens is 314 g/mol. The lowest BCUT2D eigenvalue weighted by molar-refractivity contribution is 0.102. The Bertz CT molecular complexity index is 782. The summed E-state index contributed by atoms with van der Waals surface area (Å²) in [4.78, 5) is 12.3. The summed E-state index contributed by atoms with van der Waals surface area (Å²) in [5, 5.41) is 2.77. The van der Waals surface area contributed by atoms with E-state index in [4.69, 9.17) is 4.74 Å². The normalized spacial score (nSPS) is 11.0. The average Bonchev–Trinajstić information content (AvgIpc) is 2.48. The zero-order valence-electron chi connectivity index (χ0n) is 13.1. The van der Waals surface area contributed by atoms with E-state index in [0.717, 1.165) is 5.75 Å². The predicted octanol–water partition coefficient (Wildman–Crippen LogP) is 2.88. The molecule has 1 amide bonds. The van der Waals surface area contributed by atoms with E-state index in [9.17, 15) is 13.2 Å². The van der Waals surface area contributed by atoms with Gasteiger partial charge in [-0.1, -0.05) is 12.1 Å². The van der Waals surface area contributed by atoms with Crippen LogP contribution in [-0.2, 0) is 15.6 Å². The summed E-state index contributed by atoms with van der Waals surface area (Å²) in [6, 6.07) is 13.7. The Balaban J connectivity index is 2.09. The van der Waals surface area contributed by atoms with Crippen LogP contribution in [-0.4, -0.2) is 27.2 Å². The molecule has 5 nitrogen and oxygen atoms in total. The molecule has 0 radical (unpaired) electrons. The summed E-state index contributed by atoms with van der Waals surface area (Å²) in [5.41, 5.74) is 1.65. The Morgan fingerprint density at radius 3 is 2.43 bits per heavy atom. The van der Waals surface area contributed by atoms with E-state index in [1.54, 1.807) is 48.5 Å². The number of ether oxygens (including phenoxy) is 1. The molecular formula is C17H19NO4S. The second kappa shape index (κ2) is 7.28. The first-order valence-electron chi connectivity index (χ1n) is 7.18. The molecule has 0 unspecified atom stereocenters. The van der Waals surface area contributed by atoms with Crippen molar-refractivity contribution >= 4 is 21.4 Å². The third-order valence-corrected chi connectivity index (χ3v) is 3.90. The van der Waals surface area contributed by atoms with Gasteiger partial charge in [0.1, 0.15) is 5.75 Å². The Kier molecular flexibility index (Phi) is 5.39. The predicted molar refractivity (Wildman–Crippen MR) is 90.6 cm³/mol. The van der Waals surface area contributed by atoms with Crippen LogP contribution in [0.5, 0.6) is 5.75 Å². The second-order valence-electron chi connectivity index (χ2n) is 5.18. The lowest BCUT2D eigenvalue weighted by Crippen LogP contribution is -2.12. The Hall–Kier alpha value is -2.34. The third kappa shape index (κ3) is 5.41. The van der Waals surface area contributed by atoms with Crippen molar-refractivity contribution < 1.29 is 17.9 Å². The van der Waals surface area contributed by atoms with Crippen molar-refractivity contribution in [2.45, 2.75) is 12.7 Å². The van der Waals surface area contributed by atoms with E-state index in [-0.39, 0.29) is 11.7 Å². The van der Waals surface area contributed by atoms with Gasteiger partial charge in [0.05, 0.1) is 12.4 Å². The molecule has 2 rings (SSSR count). The van der Waals surface area contributed by atoms with E-state index in [2.05, 4.69) is 5.32 Å². The molecule has 23 heavy (non-hydrogen) atoms. The fraction of sp³-hybridized carbons (Fsp3) is 0.235. The van der Waals surface area contributed by atoms with Crippen LogP contribution in [0.1, 0.15) is 22.8 Å². The van der Waals surface area contributed by atoms with Crippen LogP contribution >= 0.6 is 0 Å². The maximum absolute atomic E-state index is 12.3. The third-order valence-electron chi connectivity index (χ3n) is 3.04. The molecule has 6 heteroatoms. The number of carbonyl (C=O) groups is 1. The number of anilines is 1. The number of nitrogens with one attached hydrogen (secondary N) is 1. The molecule has 0 spiro atoms. The molecule has 0 bridgehead atoms. The molecule has 2 aromatic carbocycles. The zero-order chi connectivity index (χ0) is 16.9. The summed E-state index contributed by atoms with van der Waals surface area (Å²) in [5.74, 6) is 0.363. The van der Waals surface area contributed by atoms with Crippen molar-refractivity contribution in [3.05, 3.63) is 59.7 Å². The molecule has 0 aliphatic carbocycles. The van der Waals surface area contributed by atoms with Gasteiger partial charge in [-0.3, -0.25) is 4.79 Å². The van der Waals surface area contributed by atoms with Crippen molar-refractivity contribution in [1.29, 1.82) is 0 Å². The van der Waals surface area contributed by atoms with Crippen LogP contribution in [0.15, 0.2) is 48.5 Å². The molecule has 2 aromatic rings. The monoisotopic (exact) mass is 333 g/mol. The van der Waals surface area contributed by atoms with Crippen LogP contribution in [0.4, 0.5) is 5.69 Å². The number of hydrogen-bond donors (Lipinski definition) is 1. The van der Waals surface area contributed by atoms with Gasteiger partial charge in [-0.2, -0.15) is 0 Å². The number of amides is 1. The van der Waals surface area contributed by atoms with Crippen molar-refractivity contribution in [2.75, 3.05) is 18.2 Å². The SMILES string of the molecule is CCOc1ccc(NC(=O)c2cccc(CS(C)(=O)=O)c2)cc1. The molecule has 0 fully saturated rings. The van der Waals surface area contributed by atoms with Crippen LogP contribution in [0.2, 0.25) is 0 Å². The molecule has 122 valence electrons. The van der Waals surface area contributed by atoms with E-state index >= 15 is 0 Å². The maximum atomic E-state index is 12.3. The molecule has 1 N–H and O–H groups in total. The molecule has 0 atom stereocenters. The highest BCUT2D eigenvalue weighted by molar-refractivity contribution is 7.89. The molecule has 0 aromatic heterocycles. The first-order chi connectivity index (χ1) is 10.9. The minimum absolute atomic E-state index is 0.0861. The number of carbonyl (C=O) groups excluding carboxylic acids is 1. The molecule has 0 saturated carbocycles. The summed E-state index contributed by atoms with van der Waals surface area (Å²) >= 11 is 0. The highest BCUT2D eigenvalue weighted by Crippen LogP contribution is 2.17. The van der Waals surface area contributed by atoms with Gasteiger partial charge >= 0.3 is 0 Å². The summed E-state index contributed by atoms with van der Waals surface area (Å²) < 4.78 is 28.0. The molecule has 0 aliphatic rings. The van der Waals surface area contributed by atoms with Crippen LogP contribution in [0.25, 0.3) is 0 Å². The lowest BCUT2D eigenvalue weighted by Gasteiger charge is -2.08. The topological polar surface area (TPSA) is 72.5 Å². The van der Waals surface area contributed by atoms with Gasteiger partial charge in [0.15, 0.2) is 9.84 Å². The fourth-order valence-corrected chi connectivity index (χ4v) is 2.89. The number of benzene rings is 2. The summed E-state index contributed by atoms with van der Waals surface area (Å²) in [7, 11) is -3.13. The smallest absolute Gasteiger partial charge is 0.255 e. The molecule has 0 aliphatic heterocycles.